The zero-order chi connectivity index (χ0) is 21.1. The van der Waals surface area contributed by atoms with Crippen LogP contribution in [-0.4, -0.2) is 23.6 Å². The van der Waals surface area contributed by atoms with Gasteiger partial charge in [-0.2, -0.15) is 0 Å². The first kappa shape index (κ1) is 21.3. The van der Waals surface area contributed by atoms with Gasteiger partial charge in [-0.15, -0.1) is 0 Å². The fourth-order valence-corrected chi connectivity index (χ4v) is 3.91. The van der Waals surface area contributed by atoms with Crippen molar-refractivity contribution in [3.63, 3.8) is 0 Å². The molecule has 1 heterocycles. The molecule has 2 N–H and O–H groups in total. The summed E-state index contributed by atoms with van der Waals surface area (Å²) in [6.07, 6.45) is 0. The SMILES string of the molecule is CCN(CC)c1ccc(-c2cc(C(N)=O)c(C)n2Cc2ccc(Cl)c(Cl)c2)cc1. The molecule has 0 atom stereocenters. The average molecular weight is 430 g/mol. The molecular weight excluding hydrogens is 405 g/mol. The van der Waals surface area contributed by atoms with Gasteiger partial charge in [-0.25, -0.2) is 0 Å². The van der Waals surface area contributed by atoms with Crippen molar-refractivity contribution in [2.24, 2.45) is 5.73 Å². The molecule has 0 aliphatic carbocycles. The highest BCUT2D eigenvalue weighted by atomic mass is 35.5. The summed E-state index contributed by atoms with van der Waals surface area (Å²) in [5.74, 6) is -0.434. The largest absolute Gasteiger partial charge is 0.372 e. The second kappa shape index (κ2) is 8.93. The van der Waals surface area contributed by atoms with Crippen LogP contribution < -0.4 is 10.6 Å². The smallest absolute Gasteiger partial charge is 0.250 e. The van der Waals surface area contributed by atoms with E-state index in [-0.39, 0.29) is 0 Å². The lowest BCUT2D eigenvalue weighted by molar-refractivity contribution is 0.0999. The van der Waals surface area contributed by atoms with Crippen molar-refractivity contribution in [3.8, 4) is 11.3 Å². The molecule has 1 aromatic heterocycles. The number of halogens is 2. The topological polar surface area (TPSA) is 51.3 Å². The molecule has 3 aromatic rings. The number of nitrogens with zero attached hydrogens (tertiary/aromatic N) is 2. The van der Waals surface area contributed by atoms with Gasteiger partial charge in [0, 0.05) is 36.7 Å². The molecule has 152 valence electrons. The van der Waals surface area contributed by atoms with E-state index in [1.165, 1.54) is 5.69 Å². The molecule has 0 saturated heterocycles. The fraction of sp³-hybridized carbons (Fsp3) is 0.261. The summed E-state index contributed by atoms with van der Waals surface area (Å²) in [7, 11) is 0. The summed E-state index contributed by atoms with van der Waals surface area (Å²) < 4.78 is 2.09. The summed E-state index contributed by atoms with van der Waals surface area (Å²) in [6, 6.07) is 15.8. The first-order valence-electron chi connectivity index (χ1n) is 9.64. The minimum Gasteiger partial charge on any atom is -0.372 e. The number of benzene rings is 2. The van der Waals surface area contributed by atoms with Crippen LogP contribution >= 0.6 is 23.2 Å². The zero-order valence-electron chi connectivity index (χ0n) is 16.9. The Labute approximate surface area is 181 Å². The molecule has 4 nitrogen and oxygen atoms in total. The molecule has 0 aliphatic rings. The lowest BCUT2D eigenvalue weighted by atomic mass is 10.1. The Morgan fingerprint density at radius 2 is 1.66 bits per heavy atom. The van der Waals surface area contributed by atoms with Gasteiger partial charge < -0.3 is 15.2 Å². The van der Waals surface area contributed by atoms with Crippen molar-refractivity contribution < 1.29 is 4.79 Å². The lowest BCUT2D eigenvalue weighted by Crippen LogP contribution is -2.21. The van der Waals surface area contributed by atoms with Gasteiger partial charge in [0.15, 0.2) is 0 Å². The number of hydrogen-bond donors (Lipinski definition) is 1. The van der Waals surface area contributed by atoms with Crippen LogP contribution in [0.2, 0.25) is 10.0 Å². The van der Waals surface area contributed by atoms with Crippen LogP contribution in [0.25, 0.3) is 11.3 Å². The molecule has 0 fully saturated rings. The van der Waals surface area contributed by atoms with Gasteiger partial charge in [-0.1, -0.05) is 41.4 Å². The molecule has 1 amide bonds. The predicted octanol–water partition coefficient (Wildman–Crippen LogP) is 5.76. The maximum absolute atomic E-state index is 12.0. The second-order valence-corrected chi connectivity index (χ2v) is 7.76. The molecule has 0 aliphatic heterocycles. The van der Waals surface area contributed by atoms with Crippen LogP contribution in [0.3, 0.4) is 0 Å². The normalized spacial score (nSPS) is 10.9. The quantitative estimate of drug-likeness (QED) is 0.518. The number of carbonyl (C=O) groups is 1. The Kier molecular flexibility index (Phi) is 6.56. The third kappa shape index (κ3) is 4.44. The van der Waals surface area contributed by atoms with E-state index in [4.69, 9.17) is 28.9 Å². The van der Waals surface area contributed by atoms with Crippen LogP contribution in [0.5, 0.6) is 0 Å². The minimum atomic E-state index is -0.434. The van der Waals surface area contributed by atoms with E-state index in [0.717, 1.165) is 35.6 Å². The molecule has 0 unspecified atom stereocenters. The Bertz CT molecular complexity index is 1020. The number of hydrogen-bond acceptors (Lipinski definition) is 2. The number of anilines is 1. The third-order valence-electron chi connectivity index (χ3n) is 5.25. The van der Waals surface area contributed by atoms with Gasteiger partial charge in [0.25, 0.3) is 5.91 Å². The minimum absolute atomic E-state index is 0.434. The third-order valence-corrected chi connectivity index (χ3v) is 5.99. The molecule has 2 aromatic carbocycles. The van der Waals surface area contributed by atoms with Crippen molar-refractivity contribution >= 4 is 34.8 Å². The van der Waals surface area contributed by atoms with Crippen molar-refractivity contribution in [2.75, 3.05) is 18.0 Å². The molecule has 0 spiro atoms. The molecule has 29 heavy (non-hydrogen) atoms. The summed E-state index contributed by atoms with van der Waals surface area (Å²) >= 11 is 12.2. The van der Waals surface area contributed by atoms with E-state index in [9.17, 15) is 4.79 Å². The highest BCUT2D eigenvalue weighted by Crippen LogP contribution is 2.30. The van der Waals surface area contributed by atoms with E-state index in [1.54, 1.807) is 6.07 Å². The summed E-state index contributed by atoms with van der Waals surface area (Å²) in [5.41, 5.74) is 11.1. The van der Waals surface area contributed by atoms with Crippen molar-refractivity contribution in [2.45, 2.75) is 27.3 Å². The standard InChI is InChI=1S/C23H25Cl2N3O/c1-4-27(5-2)18-9-7-17(8-10-18)22-13-19(23(26)29)15(3)28(22)14-16-6-11-20(24)21(25)12-16/h6-13H,4-5,14H2,1-3H3,(H2,26,29). The number of amides is 1. The van der Waals surface area contributed by atoms with Crippen molar-refractivity contribution in [1.29, 1.82) is 0 Å². The summed E-state index contributed by atoms with van der Waals surface area (Å²) in [6.45, 7) is 8.65. The van der Waals surface area contributed by atoms with Crippen molar-refractivity contribution in [1.82, 2.24) is 4.57 Å². The van der Waals surface area contributed by atoms with Crippen molar-refractivity contribution in [3.05, 3.63) is 75.4 Å². The van der Waals surface area contributed by atoms with Gasteiger partial charge >= 0.3 is 0 Å². The Hall–Kier alpha value is -2.43. The average Bonchev–Trinajstić information content (AvgIpc) is 3.03. The Balaban J connectivity index is 2.04. The van der Waals surface area contributed by atoms with Gasteiger partial charge in [0.1, 0.15) is 0 Å². The number of aromatic nitrogens is 1. The molecule has 0 saturated carbocycles. The Morgan fingerprint density at radius 3 is 2.21 bits per heavy atom. The van der Waals surface area contributed by atoms with Crippen LogP contribution in [-0.2, 0) is 6.54 Å². The van der Waals surface area contributed by atoms with E-state index in [2.05, 4.69) is 47.6 Å². The predicted molar refractivity (Wildman–Crippen MR) is 122 cm³/mol. The highest BCUT2D eigenvalue weighted by Gasteiger charge is 2.17. The van der Waals surface area contributed by atoms with Gasteiger partial charge in [-0.05, 0) is 62.2 Å². The van der Waals surface area contributed by atoms with Crippen LogP contribution in [0.4, 0.5) is 5.69 Å². The summed E-state index contributed by atoms with van der Waals surface area (Å²) in [4.78, 5) is 14.2. The molecule has 0 bridgehead atoms. The molecule has 0 radical (unpaired) electrons. The number of rotatable bonds is 7. The maximum Gasteiger partial charge on any atom is 0.250 e. The summed E-state index contributed by atoms with van der Waals surface area (Å²) in [5, 5.41) is 1.03. The number of nitrogens with two attached hydrogens (primary N) is 1. The van der Waals surface area contributed by atoms with Gasteiger partial charge in [0.05, 0.1) is 15.6 Å². The van der Waals surface area contributed by atoms with E-state index in [0.29, 0.717) is 22.2 Å². The van der Waals surface area contributed by atoms with Gasteiger partial charge in [0.2, 0.25) is 0 Å². The monoisotopic (exact) mass is 429 g/mol. The van der Waals surface area contributed by atoms with Crippen LogP contribution in [0.1, 0.15) is 35.5 Å². The van der Waals surface area contributed by atoms with E-state index < -0.39 is 5.91 Å². The zero-order valence-corrected chi connectivity index (χ0v) is 18.4. The molecule has 6 heteroatoms. The van der Waals surface area contributed by atoms with E-state index >= 15 is 0 Å². The first-order chi connectivity index (χ1) is 13.8. The molecule has 3 rings (SSSR count). The second-order valence-electron chi connectivity index (χ2n) is 6.95. The van der Waals surface area contributed by atoms with Gasteiger partial charge in [-0.3, -0.25) is 4.79 Å². The van der Waals surface area contributed by atoms with E-state index in [1.807, 2.05) is 25.1 Å². The molecular formula is C23H25Cl2N3O. The fourth-order valence-electron chi connectivity index (χ4n) is 3.59. The Morgan fingerprint density at radius 1 is 1.00 bits per heavy atom. The highest BCUT2D eigenvalue weighted by molar-refractivity contribution is 6.42. The lowest BCUT2D eigenvalue weighted by Gasteiger charge is -2.21. The number of primary amides is 1. The van der Waals surface area contributed by atoms with Crippen LogP contribution in [0.15, 0.2) is 48.5 Å². The number of carbonyl (C=O) groups excluding carboxylic acids is 1. The first-order valence-corrected chi connectivity index (χ1v) is 10.4. The van der Waals surface area contributed by atoms with Crippen LogP contribution in [0, 0.1) is 6.92 Å². The maximum atomic E-state index is 12.0.